The summed E-state index contributed by atoms with van der Waals surface area (Å²) in [7, 11) is 0. The van der Waals surface area contributed by atoms with Gasteiger partial charge in [0.25, 0.3) is 0 Å². The van der Waals surface area contributed by atoms with Crippen molar-refractivity contribution in [1.82, 2.24) is 10.2 Å². The number of rotatable bonds is 3. The SMILES string of the molecule is CC(=O)Nc1ccc(Nc2ccc(F)c(F)c2)nn1. The van der Waals surface area contributed by atoms with Crippen molar-refractivity contribution >= 4 is 23.2 Å². The molecule has 0 aliphatic carbocycles. The number of benzene rings is 1. The van der Waals surface area contributed by atoms with Crippen molar-refractivity contribution in [2.75, 3.05) is 10.6 Å². The van der Waals surface area contributed by atoms with E-state index in [1.807, 2.05) is 0 Å². The molecular formula is C12H10F2N4O. The molecule has 0 radical (unpaired) electrons. The molecule has 98 valence electrons. The summed E-state index contributed by atoms with van der Waals surface area (Å²) in [5.74, 6) is -1.47. The van der Waals surface area contributed by atoms with Crippen molar-refractivity contribution in [3.8, 4) is 0 Å². The largest absolute Gasteiger partial charge is 0.339 e. The molecule has 0 fully saturated rings. The van der Waals surface area contributed by atoms with E-state index >= 15 is 0 Å². The third-order valence-electron chi connectivity index (χ3n) is 2.16. The second-order valence-electron chi connectivity index (χ2n) is 3.74. The maximum absolute atomic E-state index is 13.0. The summed E-state index contributed by atoms with van der Waals surface area (Å²) in [5, 5.41) is 12.8. The Morgan fingerprint density at radius 2 is 1.74 bits per heavy atom. The highest BCUT2D eigenvalue weighted by Gasteiger charge is 2.04. The fraction of sp³-hybridized carbons (Fsp3) is 0.0833. The molecule has 1 aromatic carbocycles. The maximum Gasteiger partial charge on any atom is 0.222 e. The van der Waals surface area contributed by atoms with Crippen molar-refractivity contribution in [1.29, 1.82) is 0 Å². The topological polar surface area (TPSA) is 66.9 Å². The van der Waals surface area contributed by atoms with Gasteiger partial charge >= 0.3 is 0 Å². The molecule has 1 heterocycles. The lowest BCUT2D eigenvalue weighted by Gasteiger charge is -2.06. The van der Waals surface area contributed by atoms with E-state index in [4.69, 9.17) is 0 Å². The molecule has 0 aliphatic heterocycles. The van der Waals surface area contributed by atoms with Crippen LogP contribution in [0.25, 0.3) is 0 Å². The summed E-state index contributed by atoms with van der Waals surface area (Å²) >= 11 is 0. The van der Waals surface area contributed by atoms with Gasteiger partial charge in [0, 0.05) is 18.7 Å². The van der Waals surface area contributed by atoms with Crippen molar-refractivity contribution in [3.63, 3.8) is 0 Å². The maximum atomic E-state index is 13.0. The third kappa shape index (κ3) is 3.44. The van der Waals surface area contributed by atoms with Crippen LogP contribution in [0.1, 0.15) is 6.92 Å². The average molecular weight is 264 g/mol. The quantitative estimate of drug-likeness (QED) is 0.893. The first-order valence-corrected chi connectivity index (χ1v) is 5.38. The van der Waals surface area contributed by atoms with E-state index in [1.54, 1.807) is 6.07 Å². The average Bonchev–Trinajstić information content (AvgIpc) is 2.36. The Bertz CT molecular complexity index is 601. The molecule has 19 heavy (non-hydrogen) atoms. The van der Waals surface area contributed by atoms with Crippen LogP contribution in [0.4, 0.5) is 26.1 Å². The summed E-state index contributed by atoms with van der Waals surface area (Å²) < 4.78 is 25.7. The lowest BCUT2D eigenvalue weighted by atomic mass is 10.3. The lowest BCUT2D eigenvalue weighted by molar-refractivity contribution is -0.114. The number of carbonyl (C=O) groups excluding carboxylic acids is 1. The Morgan fingerprint density at radius 3 is 2.32 bits per heavy atom. The van der Waals surface area contributed by atoms with E-state index < -0.39 is 11.6 Å². The molecule has 2 rings (SSSR count). The van der Waals surface area contributed by atoms with Crippen LogP contribution in [0.5, 0.6) is 0 Å². The van der Waals surface area contributed by atoms with Gasteiger partial charge in [-0.25, -0.2) is 8.78 Å². The van der Waals surface area contributed by atoms with Gasteiger partial charge in [0.1, 0.15) is 0 Å². The number of hydrogen-bond acceptors (Lipinski definition) is 4. The first-order chi connectivity index (χ1) is 9.04. The van der Waals surface area contributed by atoms with Gasteiger partial charge < -0.3 is 10.6 Å². The molecule has 0 bridgehead atoms. The van der Waals surface area contributed by atoms with Crippen LogP contribution in [0.3, 0.4) is 0 Å². The molecule has 0 aliphatic rings. The normalized spacial score (nSPS) is 10.1. The van der Waals surface area contributed by atoms with E-state index in [0.29, 0.717) is 17.3 Å². The molecular weight excluding hydrogens is 254 g/mol. The third-order valence-corrected chi connectivity index (χ3v) is 2.16. The molecule has 1 amide bonds. The van der Waals surface area contributed by atoms with Crippen LogP contribution in [-0.2, 0) is 4.79 Å². The smallest absolute Gasteiger partial charge is 0.222 e. The molecule has 2 aromatic rings. The number of amides is 1. The van der Waals surface area contributed by atoms with E-state index in [9.17, 15) is 13.6 Å². The van der Waals surface area contributed by atoms with Crippen LogP contribution in [0, 0.1) is 11.6 Å². The van der Waals surface area contributed by atoms with Crippen LogP contribution in [0.15, 0.2) is 30.3 Å². The molecule has 0 unspecified atom stereocenters. The van der Waals surface area contributed by atoms with Crippen LogP contribution in [0.2, 0.25) is 0 Å². The van der Waals surface area contributed by atoms with E-state index in [2.05, 4.69) is 20.8 Å². The summed E-state index contributed by atoms with van der Waals surface area (Å²) in [6, 6.07) is 6.49. The first kappa shape index (κ1) is 12.9. The van der Waals surface area contributed by atoms with Gasteiger partial charge in [0.15, 0.2) is 23.3 Å². The zero-order chi connectivity index (χ0) is 13.8. The minimum absolute atomic E-state index is 0.254. The van der Waals surface area contributed by atoms with Gasteiger partial charge in [0.05, 0.1) is 0 Å². The molecule has 0 saturated heterocycles. The highest BCUT2D eigenvalue weighted by Crippen LogP contribution is 2.17. The fourth-order valence-corrected chi connectivity index (χ4v) is 1.37. The minimum Gasteiger partial charge on any atom is -0.339 e. The number of halogens is 2. The summed E-state index contributed by atoms with van der Waals surface area (Å²) in [6.45, 7) is 1.36. The Kier molecular flexibility index (Phi) is 3.65. The second-order valence-corrected chi connectivity index (χ2v) is 3.74. The van der Waals surface area contributed by atoms with Gasteiger partial charge in [-0.05, 0) is 24.3 Å². The number of carbonyl (C=O) groups is 1. The lowest BCUT2D eigenvalue weighted by Crippen LogP contribution is -2.08. The molecule has 2 N–H and O–H groups in total. The Morgan fingerprint density at radius 1 is 1.05 bits per heavy atom. The number of aromatic nitrogens is 2. The second kappa shape index (κ2) is 5.38. The number of anilines is 3. The van der Waals surface area contributed by atoms with E-state index in [0.717, 1.165) is 12.1 Å². The number of nitrogens with zero attached hydrogens (tertiary/aromatic N) is 2. The summed E-state index contributed by atoms with van der Waals surface area (Å²) in [4.78, 5) is 10.8. The molecule has 0 spiro atoms. The summed E-state index contributed by atoms with van der Waals surface area (Å²) in [6.07, 6.45) is 0. The Hall–Kier alpha value is -2.57. The fourth-order valence-electron chi connectivity index (χ4n) is 1.37. The van der Waals surface area contributed by atoms with Crippen molar-refractivity contribution < 1.29 is 13.6 Å². The monoisotopic (exact) mass is 264 g/mol. The molecule has 1 aromatic heterocycles. The van der Waals surface area contributed by atoms with Gasteiger partial charge in [-0.2, -0.15) is 0 Å². The zero-order valence-corrected chi connectivity index (χ0v) is 9.95. The van der Waals surface area contributed by atoms with Crippen LogP contribution < -0.4 is 10.6 Å². The number of hydrogen-bond donors (Lipinski definition) is 2. The molecule has 7 heteroatoms. The van der Waals surface area contributed by atoms with Gasteiger partial charge in [-0.15, -0.1) is 10.2 Å². The van der Waals surface area contributed by atoms with Crippen molar-refractivity contribution in [2.24, 2.45) is 0 Å². The number of nitrogens with one attached hydrogen (secondary N) is 2. The summed E-state index contributed by atoms with van der Waals surface area (Å²) in [5.41, 5.74) is 0.348. The van der Waals surface area contributed by atoms with Crippen molar-refractivity contribution in [2.45, 2.75) is 6.92 Å². The van der Waals surface area contributed by atoms with E-state index in [-0.39, 0.29) is 5.91 Å². The first-order valence-electron chi connectivity index (χ1n) is 5.38. The highest BCUT2D eigenvalue weighted by molar-refractivity contribution is 5.87. The van der Waals surface area contributed by atoms with Crippen LogP contribution in [-0.4, -0.2) is 16.1 Å². The predicted octanol–water partition coefficient (Wildman–Crippen LogP) is 2.46. The Labute approximate surface area is 107 Å². The van der Waals surface area contributed by atoms with Gasteiger partial charge in [-0.3, -0.25) is 4.79 Å². The standard InChI is InChI=1S/C12H10F2N4O/c1-7(19)15-11-4-5-12(18-17-11)16-8-2-3-9(13)10(14)6-8/h2-6H,1H3,(H,16,18)(H,15,17,19). The molecule has 0 atom stereocenters. The molecule has 5 nitrogen and oxygen atoms in total. The minimum atomic E-state index is -0.951. The van der Waals surface area contributed by atoms with E-state index in [1.165, 1.54) is 19.1 Å². The predicted molar refractivity (Wildman–Crippen MR) is 66.0 cm³/mol. The van der Waals surface area contributed by atoms with Gasteiger partial charge in [-0.1, -0.05) is 0 Å². The van der Waals surface area contributed by atoms with Crippen LogP contribution >= 0.6 is 0 Å². The van der Waals surface area contributed by atoms with Gasteiger partial charge in [0.2, 0.25) is 5.91 Å². The zero-order valence-electron chi connectivity index (χ0n) is 9.95. The molecule has 0 saturated carbocycles. The van der Waals surface area contributed by atoms with Crippen molar-refractivity contribution in [3.05, 3.63) is 42.0 Å². The Balaban J connectivity index is 2.10. The highest BCUT2D eigenvalue weighted by atomic mass is 19.2.